The first kappa shape index (κ1) is 12.3. The lowest BCUT2D eigenvalue weighted by Crippen LogP contribution is -2.17. The molecule has 90 valence electrons. The Morgan fingerprint density at radius 3 is 2.65 bits per heavy atom. The topological polar surface area (TPSA) is 29.3 Å². The maximum atomic E-state index is 6.02. The van der Waals surface area contributed by atoms with E-state index < -0.39 is 0 Å². The molecule has 4 heteroatoms. The number of nitrogen functional groups attached to an aromatic ring is 1. The van der Waals surface area contributed by atoms with Crippen molar-refractivity contribution in [3.8, 4) is 0 Å². The fraction of sp³-hybridized carbons (Fsp3) is 0.231. The predicted molar refractivity (Wildman–Crippen MR) is 77.0 cm³/mol. The SMILES string of the molecule is Cc1ccc(N(C)Cc2ccc(Cl)s2)c(N)c1. The second kappa shape index (κ2) is 4.98. The molecule has 2 aromatic rings. The Labute approximate surface area is 111 Å². The van der Waals surface area contributed by atoms with Crippen LogP contribution < -0.4 is 10.6 Å². The number of benzene rings is 1. The Morgan fingerprint density at radius 1 is 1.29 bits per heavy atom. The third-order valence-electron chi connectivity index (χ3n) is 2.62. The summed E-state index contributed by atoms with van der Waals surface area (Å²) in [5, 5.41) is 0. The van der Waals surface area contributed by atoms with Crippen LogP contribution in [0.4, 0.5) is 11.4 Å². The smallest absolute Gasteiger partial charge is 0.0931 e. The third kappa shape index (κ3) is 2.93. The predicted octanol–water partition coefficient (Wildman–Crippen LogP) is 3.93. The van der Waals surface area contributed by atoms with E-state index >= 15 is 0 Å². The van der Waals surface area contributed by atoms with E-state index in [0.29, 0.717) is 0 Å². The summed E-state index contributed by atoms with van der Waals surface area (Å²) in [6.45, 7) is 2.86. The van der Waals surface area contributed by atoms with Crippen molar-refractivity contribution in [2.45, 2.75) is 13.5 Å². The lowest BCUT2D eigenvalue weighted by atomic mass is 10.2. The van der Waals surface area contributed by atoms with Gasteiger partial charge in [-0.1, -0.05) is 17.7 Å². The van der Waals surface area contributed by atoms with Crippen molar-refractivity contribution in [1.29, 1.82) is 0 Å². The van der Waals surface area contributed by atoms with Gasteiger partial charge in [-0.15, -0.1) is 11.3 Å². The van der Waals surface area contributed by atoms with E-state index in [4.69, 9.17) is 17.3 Å². The van der Waals surface area contributed by atoms with Crippen molar-refractivity contribution in [3.05, 3.63) is 45.1 Å². The summed E-state index contributed by atoms with van der Waals surface area (Å²) in [6.07, 6.45) is 0. The molecule has 0 fully saturated rings. The molecule has 0 saturated heterocycles. The molecular formula is C13H15ClN2S. The lowest BCUT2D eigenvalue weighted by Gasteiger charge is -2.20. The van der Waals surface area contributed by atoms with E-state index in [1.807, 2.05) is 32.2 Å². The number of thiophene rings is 1. The molecule has 0 saturated carbocycles. The summed E-state index contributed by atoms with van der Waals surface area (Å²) in [7, 11) is 2.04. The highest BCUT2D eigenvalue weighted by Gasteiger charge is 2.07. The first-order valence-corrected chi connectivity index (χ1v) is 6.57. The van der Waals surface area contributed by atoms with Crippen molar-refractivity contribution in [2.75, 3.05) is 17.7 Å². The number of hydrogen-bond donors (Lipinski definition) is 1. The molecule has 0 aliphatic carbocycles. The standard InChI is InChI=1S/C13H15ClN2S/c1-9-3-5-12(11(15)7-9)16(2)8-10-4-6-13(14)17-10/h3-7H,8,15H2,1-2H3. The second-order valence-corrected chi connectivity index (χ2v) is 5.92. The van der Waals surface area contributed by atoms with Crippen molar-refractivity contribution < 1.29 is 0 Å². The molecule has 2 N–H and O–H groups in total. The first-order valence-electron chi connectivity index (χ1n) is 5.38. The number of nitrogens with two attached hydrogens (primary N) is 1. The molecule has 2 rings (SSSR count). The number of aryl methyl sites for hydroxylation is 1. The summed E-state index contributed by atoms with van der Waals surface area (Å²) in [6, 6.07) is 10.1. The van der Waals surface area contributed by atoms with Gasteiger partial charge in [0.2, 0.25) is 0 Å². The van der Waals surface area contributed by atoms with Gasteiger partial charge >= 0.3 is 0 Å². The summed E-state index contributed by atoms with van der Waals surface area (Å²) in [5.41, 5.74) is 9.07. The average molecular weight is 267 g/mol. The van der Waals surface area contributed by atoms with Crippen molar-refractivity contribution >= 4 is 34.3 Å². The zero-order valence-corrected chi connectivity index (χ0v) is 11.5. The van der Waals surface area contributed by atoms with Gasteiger partial charge in [-0.25, -0.2) is 0 Å². The molecule has 0 unspecified atom stereocenters. The molecule has 17 heavy (non-hydrogen) atoms. The molecule has 0 amide bonds. The van der Waals surface area contributed by atoms with Crippen LogP contribution in [0.5, 0.6) is 0 Å². The van der Waals surface area contributed by atoms with Crippen molar-refractivity contribution in [1.82, 2.24) is 0 Å². The van der Waals surface area contributed by atoms with E-state index in [0.717, 1.165) is 22.3 Å². The van der Waals surface area contributed by atoms with E-state index in [-0.39, 0.29) is 0 Å². The van der Waals surface area contributed by atoms with Gasteiger partial charge in [0.25, 0.3) is 0 Å². The van der Waals surface area contributed by atoms with Gasteiger partial charge in [-0.3, -0.25) is 0 Å². The number of nitrogens with zero attached hydrogens (tertiary/aromatic N) is 1. The van der Waals surface area contributed by atoms with Crippen LogP contribution in [0.15, 0.2) is 30.3 Å². The molecule has 0 atom stereocenters. The largest absolute Gasteiger partial charge is 0.397 e. The van der Waals surface area contributed by atoms with Crippen LogP contribution in [0, 0.1) is 6.92 Å². The zero-order chi connectivity index (χ0) is 12.4. The molecular weight excluding hydrogens is 252 g/mol. The first-order chi connectivity index (χ1) is 8.06. The molecule has 1 aromatic carbocycles. The van der Waals surface area contributed by atoms with Gasteiger partial charge in [0.1, 0.15) is 0 Å². The zero-order valence-electron chi connectivity index (χ0n) is 9.90. The third-order valence-corrected chi connectivity index (χ3v) is 3.83. The van der Waals surface area contributed by atoms with E-state index in [2.05, 4.69) is 17.0 Å². The molecule has 0 spiro atoms. The monoisotopic (exact) mass is 266 g/mol. The van der Waals surface area contributed by atoms with Gasteiger partial charge in [-0.2, -0.15) is 0 Å². The Hall–Kier alpha value is -1.19. The minimum absolute atomic E-state index is 0.815. The summed E-state index contributed by atoms with van der Waals surface area (Å²) < 4.78 is 0.824. The normalized spacial score (nSPS) is 10.5. The van der Waals surface area contributed by atoms with Crippen LogP contribution in [0.1, 0.15) is 10.4 Å². The van der Waals surface area contributed by atoms with Gasteiger partial charge in [0, 0.05) is 11.9 Å². The molecule has 1 aromatic heterocycles. The highest BCUT2D eigenvalue weighted by Crippen LogP contribution is 2.27. The maximum absolute atomic E-state index is 6.02. The maximum Gasteiger partial charge on any atom is 0.0931 e. The van der Waals surface area contributed by atoms with E-state index in [1.54, 1.807) is 11.3 Å². The lowest BCUT2D eigenvalue weighted by molar-refractivity contribution is 0.942. The van der Waals surface area contributed by atoms with Gasteiger partial charge in [-0.05, 0) is 36.8 Å². The number of rotatable bonds is 3. The molecule has 0 aliphatic heterocycles. The van der Waals surface area contributed by atoms with Crippen LogP contribution in [0.25, 0.3) is 0 Å². The number of hydrogen-bond acceptors (Lipinski definition) is 3. The Balaban J connectivity index is 2.17. The minimum atomic E-state index is 0.815. The number of anilines is 2. The van der Waals surface area contributed by atoms with Crippen LogP contribution in [-0.2, 0) is 6.54 Å². The van der Waals surface area contributed by atoms with Gasteiger partial charge in [0.05, 0.1) is 22.3 Å². The Kier molecular flexibility index (Phi) is 3.60. The van der Waals surface area contributed by atoms with Crippen molar-refractivity contribution in [3.63, 3.8) is 0 Å². The van der Waals surface area contributed by atoms with Crippen LogP contribution in [0.2, 0.25) is 4.34 Å². The average Bonchev–Trinajstić information content (AvgIpc) is 2.63. The molecule has 1 heterocycles. The fourth-order valence-corrected chi connectivity index (χ4v) is 2.92. The molecule has 0 bridgehead atoms. The van der Waals surface area contributed by atoms with Gasteiger partial charge in [0.15, 0.2) is 0 Å². The molecule has 0 aliphatic rings. The molecule has 0 radical (unpaired) electrons. The van der Waals surface area contributed by atoms with Crippen molar-refractivity contribution in [2.24, 2.45) is 0 Å². The van der Waals surface area contributed by atoms with Gasteiger partial charge < -0.3 is 10.6 Å². The Morgan fingerprint density at radius 2 is 2.06 bits per heavy atom. The Bertz CT molecular complexity index is 522. The summed E-state index contributed by atoms with van der Waals surface area (Å²) in [4.78, 5) is 3.37. The van der Waals surface area contributed by atoms with E-state index in [1.165, 1.54) is 10.4 Å². The fourth-order valence-electron chi connectivity index (χ4n) is 1.78. The molecule has 2 nitrogen and oxygen atoms in total. The highest BCUT2D eigenvalue weighted by atomic mass is 35.5. The van der Waals surface area contributed by atoms with Crippen LogP contribution >= 0.6 is 22.9 Å². The van der Waals surface area contributed by atoms with Crippen LogP contribution in [-0.4, -0.2) is 7.05 Å². The second-order valence-electron chi connectivity index (χ2n) is 4.12. The van der Waals surface area contributed by atoms with E-state index in [9.17, 15) is 0 Å². The van der Waals surface area contributed by atoms with Crippen LogP contribution in [0.3, 0.4) is 0 Å². The minimum Gasteiger partial charge on any atom is -0.397 e. The highest BCUT2D eigenvalue weighted by molar-refractivity contribution is 7.16. The summed E-state index contributed by atoms with van der Waals surface area (Å²) >= 11 is 7.52. The quantitative estimate of drug-likeness (QED) is 0.853. The number of halogens is 1. The summed E-state index contributed by atoms with van der Waals surface area (Å²) in [5.74, 6) is 0.